The van der Waals surface area contributed by atoms with Gasteiger partial charge in [0.25, 0.3) is 0 Å². The number of nitrogens with zero attached hydrogens (tertiary/aromatic N) is 1. The van der Waals surface area contributed by atoms with Gasteiger partial charge in [0.2, 0.25) is 5.78 Å². The SMILES string of the molecule is COc1ccc(N=C2C(=O)c3cccc4cccc2c34)cc1. The summed E-state index contributed by atoms with van der Waals surface area (Å²) in [5, 5.41) is 2.07. The summed E-state index contributed by atoms with van der Waals surface area (Å²) in [4.78, 5) is 17.2. The van der Waals surface area contributed by atoms with E-state index in [1.165, 1.54) is 0 Å². The normalized spacial score (nSPS) is 14.8. The molecule has 0 heterocycles. The third kappa shape index (κ3) is 1.83. The van der Waals surface area contributed by atoms with E-state index in [-0.39, 0.29) is 5.78 Å². The number of ketones is 1. The van der Waals surface area contributed by atoms with Crippen molar-refractivity contribution in [3.8, 4) is 5.75 Å². The second-order valence-electron chi connectivity index (χ2n) is 5.20. The fraction of sp³-hybridized carbons (Fsp3) is 0.0526. The Hall–Kier alpha value is -2.94. The fourth-order valence-corrected chi connectivity index (χ4v) is 2.87. The van der Waals surface area contributed by atoms with E-state index in [1.54, 1.807) is 7.11 Å². The molecule has 3 nitrogen and oxygen atoms in total. The molecule has 0 saturated carbocycles. The zero-order valence-electron chi connectivity index (χ0n) is 12.0. The number of carbonyl (C=O) groups is 1. The highest BCUT2D eigenvalue weighted by molar-refractivity contribution is 6.59. The van der Waals surface area contributed by atoms with Crippen LogP contribution in [0.4, 0.5) is 5.69 Å². The first-order valence-electron chi connectivity index (χ1n) is 7.07. The Morgan fingerprint density at radius 1 is 0.864 bits per heavy atom. The predicted octanol–water partition coefficient (Wildman–Crippen LogP) is 4.17. The first-order chi connectivity index (χ1) is 10.8. The van der Waals surface area contributed by atoms with Crippen LogP contribution in [0.25, 0.3) is 10.8 Å². The highest BCUT2D eigenvalue weighted by Gasteiger charge is 2.28. The minimum atomic E-state index is -0.0115. The smallest absolute Gasteiger partial charge is 0.212 e. The standard InChI is InChI=1S/C19H13NO2/c1-22-14-10-8-13(9-11-14)20-18-15-6-2-4-12-5-3-7-16(17(12)15)19(18)21/h2-11H,1H3. The van der Waals surface area contributed by atoms with Gasteiger partial charge in [0.05, 0.1) is 12.8 Å². The van der Waals surface area contributed by atoms with Crippen molar-refractivity contribution in [2.45, 2.75) is 0 Å². The van der Waals surface area contributed by atoms with E-state index in [2.05, 4.69) is 4.99 Å². The average Bonchev–Trinajstić information content (AvgIpc) is 2.84. The summed E-state index contributed by atoms with van der Waals surface area (Å²) in [5.41, 5.74) is 2.90. The van der Waals surface area contributed by atoms with E-state index >= 15 is 0 Å². The Labute approximate surface area is 127 Å². The van der Waals surface area contributed by atoms with Crippen LogP contribution in [0.15, 0.2) is 65.7 Å². The lowest BCUT2D eigenvalue weighted by atomic mass is 10.1. The summed E-state index contributed by atoms with van der Waals surface area (Å²) < 4.78 is 5.14. The van der Waals surface area contributed by atoms with E-state index in [9.17, 15) is 4.79 Å². The second-order valence-corrected chi connectivity index (χ2v) is 5.20. The van der Waals surface area contributed by atoms with E-state index in [0.717, 1.165) is 33.3 Å². The molecule has 0 bridgehead atoms. The van der Waals surface area contributed by atoms with Gasteiger partial charge in [0, 0.05) is 16.5 Å². The van der Waals surface area contributed by atoms with Crippen LogP contribution in [0.2, 0.25) is 0 Å². The van der Waals surface area contributed by atoms with Crippen LogP contribution >= 0.6 is 0 Å². The van der Waals surface area contributed by atoms with Crippen LogP contribution < -0.4 is 4.74 Å². The van der Waals surface area contributed by atoms with Gasteiger partial charge in [-0.2, -0.15) is 0 Å². The van der Waals surface area contributed by atoms with Crippen LogP contribution in [0.3, 0.4) is 0 Å². The van der Waals surface area contributed by atoms with E-state index < -0.39 is 0 Å². The van der Waals surface area contributed by atoms with Crippen LogP contribution in [0.5, 0.6) is 5.75 Å². The molecule has 0 fully saturated rings. The van der Waals surface area contributed by atoms with Gasteiger partial charge >= 0.3 is 0 Å². The average molecular weight is 287 g/mol. The molecule has 0 unspecified atom stereocenters. The Balaban J connectivity index is 1.89. The van der Waals surface area contributed by atoms with E-state index in [1.807, 2.05) is 60.7 Å². The van der Waals surface area contributed by atoms with Gasteiger partial charge in [-0.1, -0.05) is 36.4 Å². The summed E-state index contributed by atoms with van der Waals surface area (Å²) in [6.45, 7) is 0. The summed E-state index contributed by atoms with van der Waals surface area (Å²) in [6.07, 6.45) is 0. The zero-order valence-corrected chi connectivity index (χ0v) is 12.0. The molecule has 3 heteroatoms. The maximum absolute atomic E-state index is 12.6. The molecule has 0 N–H and O–H groups in total. The molecule has 3 aromatic rings. The number of benzene rings is 3. The number of rotatable bonds is 2. The lowest BCUT2D eigenvalue weighted by molar-refractivity contribution is 0.107. The van der Waals surface area contributed by atoms with Crippen molar-refractivity contribution < 1.29 is 9.53 Å². The van der Waals surface area contributed by atoms with Crippen molar-refractivity contribution in [3.63, 3.8) is 0 Å². The zero-order chi connectivity index (χ0) is 15.1. The molecule has 0 spiro atoms. The van der Waals surface area contributed by atoms with Gasteiger partial charge in [-0.15, -0.1) is 0 Å². The number of ether oxygens (including phenoxy) is 1. The molecule has 0 saturated heterocycles. The molecule has 3 aromatic carbocycles. The maximum atomic E-state index is 12.6. The van der Waals surface area contributed by atoms with Gasteiger partial charge in [-0.3, -0.25) is 4.79 Å². The summed E-state index contributed by atoms with van der Waals surface area (Å²) in [6, 6.07) is 19.1. The van der Waals surface area contributed by atoms with Crippen molar-refractivity contribution in [1.29, 1.82) is 0 Å². The van der Waals surface area contributed by atoms with Gasteiger partial charge in [0.15, 0.2) is 0 Å². The van der Waals surface area contributed by atoms with Crippen molar-refractivity contribution in [3.05, 3.63) is 71.8 Å². The number of Topliss-reactive ketones (excluding diaryl/α,β-unsaturated/α-hetero) is 1. The van der Waals surface area contributed by atoms with Crippen LogP contribution in [0, 0.1) is 0 Å². The van der Waals surface area contributed by atoms with Crippen molar-refractivity contribution in [2.75, 3.05) is 7.11 Å². The minimum Gasteiger partial charge on any atom is -0.497 e. The molecule has 22 heavy (non-hydrogen) atoms. The maximum Gasteiger partial charge on any atom is 0.212 e. The number of methoxy groups -OCH3 is 1. The van der Waals surface area contributed by atoms with Crippen LogP contribution in [-0.2, 0) is 0 Å². The fourth-order valence-electron chi connectivity index (χ4n) is 2.87. The van der Waals surface area contributed by atoms with Crippen molar-refractivity contribution in [1.82, 2.24) is 0 Å². The molecular weight excluding hydrogens is 274 g/mol. The molecule has 106 valence electrons. The minimum absolute atomic E-state index is 0.0115. The first kappa shape index (κ1) is 12.8. The molecule has 1 aliphatic carbocycles. The van der Waals surface area contributed by atoms with Crippen molar-refractivity contribution in [2.24, 2.45) is 4.99 Å². The Morgan fingerprint density at radius 2 is 1.55 bits per heavy atom. The van der Waals surface area contributed by atoms with Gasteiger partial charge in [-0.25, -0.2) is 4.99 Å². The predicted molar refractivity (Wildman–Crippen MR) is 87.5 cm³/mol. The first-order valence-corrected chi connectivity index (χ1v) is 7.07. The molecular formula is C19H13NO2. The summed E-state index contributed by atoms with van der Waals surface area (Å²) >= 11 is 0. The molecule has 0 radical (unpaired) electrons. The quantitative estimate of drug-likeness (QED) is 0.709. The molecule has 0 amide bonds. The summed E-state index contributed by atoms with van der Waals surface area (Å²) in [7, 11) is 1.62. The largest absolute Gasteiger partial charge is 0.497 e. The van der Waals surface area contributed by atoms with Gasteiger partial charge in [0.1, 0.15) is 11.5 Å². The Morgan fingerprint density at radius 3 is 2.23 bits per heavy atom. The Kier molecular flexibility index (Phi) is 2.79. The van der Waals surface area contributed by atoms with E-state index in [0.29, 0.717) is 5.71 Å². The van der Waals surface area contributed by atoms with Gasteiger partial charge in [-0.05, 0) is 29.7 Å². The molecule has 4 rings (SSSR count). The van der Waals surface area contributed by atoms with Crippen LogP contribution in [0.1, 0.15) is 15.9 Å². The number of hydrogen-bond donors (Lipinski definition) is 0. The van der Waals surface area contributed by atoms with Crippen molar-refractivity contribution >= 4 is 28.0 Å². The third-order valence-electron chi connectivity index (χ3n) is 3.93. The van der Waals surface area contributed by atoms with Gasteiger partial charge < -0.3 is 4.74 Å². The molecule has 0 aromatic heterocycles. The lowest BCUT2D eigenvalue weighted by Crippen LogP contribution is -2.08. The number of carbonyl (C=O) groups excluding carboxylic acids is 1. The molecule has 1 aliphatic rings. The highest BCUT2D eigenvalue weighted by atomic mass is 16.5. The topological polar surface area (TPSA) is 38.7 Å². The monoisotopic (exact) mass is 287 g/mol. The lowest BCUT2D eigenvalue weighted by Gasteiger charge is -2.01. The van der Waals surface area contributed by atoms with Crippen LogP contribution in [-0.4, -0.2) is 18.6 Å². The van der Waals surface area contributed by atoms with E-state index in [4.69, 9.17) is 4.74 Å². The molecule has 0 aliphatic heterocycles. The summed E-state index contributed by atoms with van der Waals surface area (Å²) in [5.74, 6) is 0.759. The number of hydrogen-bond acceptors (Lipinski definition) is 3. The second kappa shape index (κ2) is 4.81. The molecule has 0 atom stereocenters. The number of aliphatic imine (C=N–C) groups is 1. The third-order valence-corrected chi connectivity index (χ3v) is 3.93. The highest BCUT2D eigenvalue weighted by Crippen LogP contribution is 2.32. The Bertz CT molecular complexity index is 919.